The molecule has 4 rings (SSSR count). The van der Waals surface area contributed by atoms with Gasteiger partial charge in [0.2, 0.25) is 5.88 Å². The number of fused-ring (bicyclic) bond motifs is 1. The van der Waals surface area contributed by atoms with Crippen molar-refractivity contribution in [3.63, 3.8) is 0 Å². The Balaban J connectivity index is 1.94. The van der Waals surface area contributed by atoms with Gasteiger partial charge in [-0.05, 0) is 54.7 Å². The van der Waals surface area contributed by atoms with E-state index in [2.05, 4.69) is 25.9 Å². The maximum Gasteiger partial charge on any atom is 0.262 e. The summed E-state index contributed by atoms with van der Waals surface area (Å²) in [6.45, 7) is 0. The van der Waals surface area contributed by atoms with Crippen molar-refractivity contribution < 1.29 is 5.11 Å². The van der Waals surface area contributed by atoms with E-state index in [9.17, 15) is 9.90 Å². The highest BCUT2D eigenvalue weighted by molar-refractivity contribution is 9.10. The Morgan fingerprint density at radius 1 is 1.18 bits per heavy atom. The molecule has 0 atom stereocenters. The molecule has 0 spiro atoms. The van der Waals surface area contributed by atoms with Crippen LogP contribution in [-0.2, 0) is 0 Å². The van der Waals surface area contributed by atoms with Crippen LogP contribution in [-0.4, -0.2) is 20.9 Å². The first-order valence-corrected chi connectivity index (χ1v) is 9.89. The van der Waals surface area contributed by atoms with E-state index in [0.29, 0.717) is 21.3 Å². The molecule has 0 saturated carbocycles. The first-order chi connectivity index (χ1) is 13.3. The largest absolute Gasteiger partial charge is 0.494 e. The molecular formula is C19H10BrCl2N3O2S. The van der Waals surface area contributed by atoms with Crippen LogP contribution in [0.3, 0.4) is 0 Å². The van der Waals surface area contributed by atoms with Gasteiger partial charge in [-0.2, -0.15) is 0 Å². The van der Waals surface area contributed by atoms with Gasteiger partial charge >= 0.3 is 0 Å². The van der Waals surface area contributed by atoms with Gasteiger partial charge in [-0.15, -0.1) is 0 Å². The predicted molar refractivity (Wildman–Crippen MR) is 119 cm³/mol. The molecule has 0 radical (unpaired) electrons. The van der Waals surface area contributed by atoms with Gasteiger partial charge in [0.25, 0.3) is 5.56 Å². The second-order valence-corrected chi connectivity index (χ2v) is 8.15. The fourth-order valence-electron chi connectivity index (χ4n) is 2.91. The Morgan fingerprint density at radius 3 is 2.61 bits per heavy atom. The topological polar surface area (TPSA) is 70.4 Å². The van der Waals surface area contributed by atoms with Crippen LogP contribution in [0.4, 0.5) is 5.69 Å². The number of H-pyrrole nitrogens is 1. The van der Waals surface area contributed by atoms with E-state index in [4.69, 9.17) is 35.4 Å². The van der Waals surface area contributed by atoms with E-state index in [0.717, 1.165) is 15.7 Å². The third-order valence-electron chi connectivity index (χ3n) is 4.14. The number of benzene rings is 2. The highest BCUT2D eigenvalue weighted by Crippen LogP contribution is 2.35. The lowest BCUT2D eigenvalue weighted by Crippen LogP contribution is -2.16. The SMILES string of the molecule is O=c1[nH]c(=S)n(-c2cc(Cl)cc(Cl)c2)c(O)c1/C=C1\C=Nc2ccc(Br)cc21. The average molecular weight is 495 g/mol. The molecule has 2 aromatic carbocycles. The lowest BCUT2D eigenvalue weighted by Gasteiger charge is -2.12. The van der Waals surface area contributed by atoms with Crippen molar-refractivity contribution >= 4 is 74.9 Å². The lowest BCUT2D eigenvalue weighted by atomic mass is 10.1. The molecule has 1 aromatic heterocycles. The van der Waals surface area contributed by atoms with E-state index >= 15 is 0 Å². The number of nitrogens with zero attached hydrogens (tertiary/aromatic N) is 2. The molecular weight excluding hydrogens is 485 g/mol. The highest BCUT2D eigenvalue weighted by atomic mass is 79.9. The van der Waals surface area contributed by atoms with Crippen LogP contribution in [0.5, 0.6) is 5.88 Å². The minimum Gasteiger partial charge on any atom is -0.494 e. The molecule has 0 amide bonds. The van der Waals surface area contributed by atoms with Crippen molar-refractivity contribution in [3.05, 3.63) is 77.2 Å². The Kier molecular flexibility index (Phi) is 5.01. The summed E-state index contributed by atoms with van der Waals surface area (Å²) in [4.78, 5) is 19.4. The normalized spacial score (nSPS) is 13.9. The number of hydrogen-bond donors (Lipinski definition) is 2. The minimum atomic E-state index is -0.517. The van der Waals surface area contributed by atoms with Crippen molar-refractivity contribution in [2.75, 3.05) is 0 Å². The molecule has 0 saturated heterocycles. The highest BCUT2D eigenvalue weighted by Gasteiger charge is 2.17. The maximum atomic E-state index is 12.5. The zero-order chi connectivity index (χ0) is 20.0. The summed E-state index contributed by atoms with van der Waals surface area (Å²) in [6, 6.07) is 10.4. The predicted octanol–water partition coefficient (Wildman–Crippen LogP) is 5.93. The number of allylic oxidation sites excluding steroid dienone is 1. The van der Waals surface area contributed by atoms with Gasteiger partial charge in [0.1, 0.15) is 5.56 Å². The molecule has 0 bridgehead atoms. The zero-order valence-electron chi connectivity index (χ0n) is 13.9. The summed E-state index contributed by atoms with van der Waals surface area (Å²) in [5.74, 6) is -0.323. The van der Waals surface area contributed by atoms with Gasteiger partial charge in [0.15, 0.2) is 4.77 Å². The van der Waals surface area contributed by atoms with Crippen LogP contribution in [0.2, 0.25) is 10.0 Å². The molecule has 0 unspecified atom stereocenters. The van der Waals surface area contributed by atoms with Crippen LogP contribution in [0.15, 0.2) is 50.7 Å². The number of rotatable bonds is 2. The molecule has 1 aliphatic rings. The van der Waals surface area contributed by atoms with Crippen LogP contribution < -0.4 is 5.56 Å². The molecule has 28 heavy (non-hydrogen) atoms. The van der Waals surface area contributed by atoms with Crippen molar-refractivity contribution in [1.29, 1.82) is 0 Å². The Morgan fingerprint density at radius 2 is 1.89 bits per heavy atom. The van der Waals surface area contributed by atoms with Crippen LogP contribution in [0, 0.1) is 4.77 Å². The van der Waals surface area contributed by atoms with E-state index in [1.54, 1.807) is 30.5 Å². The fourth-order valence-corrected chi connectivity index (χ4v) is 4.07. The second kappa shape index (κ2) is 7.33. The quantitative estimate of drug-likeness (QED) is 0.434. The van der Waals surface area contributed by atoms with Gasteiger partial charge in [-0.1, -0.05) is 39.1 Å². The van der Waals surface area contributed by atoms with Crippen molar-refractivity contribution in [2.24, 2.45) is 4.99 Å². The number of aromatic amines is 1. The molecule has 3 aromatic rings. The molecule has 5 nitrogen and oxygen atoms in total. The van der Waals surface area contributed by atoms with E-state index in [1.807, 2.05) is 18.2 Å². The molecule has 1 aliphatic heterocycles. The van der Waals surface area contributed by atoms with Crippen molar-refractivity contribution in [2.45, 2.75) is 0 Å². The third-order valence-corrected chi connectivity index (χ3v) is 5.35. The minimum absolute atomic E-state index is 0.0196. The van der Waals surface area contributed by atoms with Gasteiger partial charge in [0, 0.05) is 31.9 Å². The van der Waals surface area contributed by atoms with Gasteiger partial charge < -0.3 is 5.11 Å². The molecule has 9 heteroatoms. The maximum absolute atomic E-state index is 12.5. The summed E-state index contributed by atoms with van der Waals surface area (Å²) in [7, 11) is 0. The number of aliphatic imine (C=N–C) groups is 1. The van der Waals surface area contributed by atoms with Crippen LogP contribution >= 0.6 is 51.3 Å². The fraction of sp³-hybridized carbons (Fsp3) is 0. The van der Waals surface area contributed by atoms with E-state index in [-0.39, 0.29) is 16.2 Å². The molecule has 2 heterocycles. The standard InChI is InChI=1S/C19H10BrCl2N3O2S/c20-10-1-2-16-14(4-10)9(8-23-16)3-15-17(26)24-19(28)25(18(15)27)13-6-11(21)5-12(22)7-13/h1-8,27H,(H,24,26,28)/b9-3+. The Hall–Kier alpha value is -2.19. The number of hydrogen-bond acceptors (Lipinski definition) is 4. The Labute approximate surface area is 182 Å². The molecule has 2 N–H and O–H groups in total. The average Bonchev–Trinajstić information content (AvgIpc) is 2.99. The van der Waals surface area contributed by atoms with Crippen molar-refractivity contribution in [1.82, 2.24) is 9.55 Å². The van der Waals surface area contributed by atoms with Crippen LogP contribution in [0.1, 0.15) is 11.1 Å². The summed E-state index contributed by atoms with van der Waals surface area (Å²) in [6.07, 6.45) is 3.20. The second-order valence-electron chi connectivity index (χ2n) is 5.98. The van der Waals surface area contributed by atoms with Gasteiger partial charge in [-0.25, -0.2) is 0 Å². The van der Waals surface area contributed by atoms with E-state index < -0.39 is 5.56 Å². The molecule has 0 fully saturated rings. The lowest BCUT2D eigenvalue weighted by molar-refractivity contribution is 0.432. The van der Waals surface area contributed by atoms with Crippen LogP contribution in [0.25, 0.3) is 17.3 Å². The zero-order valence-corrected chi connectivity index (χ0v) is 17.8. The molecule has 140 valence electrons. The summed E-state index contributed by atoms with van der Waals surface area (Å²) < 4.78 is 2.20. The van der Waals surface area contributed by atoms with Gasteiger partial charge in [0.05, 0.1) is 11.4 Å². The number of nitrogens with one attached hydrogen (secondary N) is 1. The number of aromatic hydroxyl groups is 1. The van der Waals surface area contributed by atoms with E-state index in [1.165, 1.54) is 4.57 Å². The monoisotopic (exact) mass is 493 g/mol. The van der Waals surface area contributed by atoms with Crippen molar-refractivity contribution in [3.8, 4) is 11.6 Å². The first kappa shape index (κ1) is 19.1. The molecule has 0 aliphatic carbocycles. The summed E-state index contributed by atoms with van der Waals surface area (Å²) in [5.41, 5.74) is 2.26. The van der Waals surface area contributed by atoms with Gasteiger partial charge in [-0.3, -0.25) is 19.3 Å². The summed E-state index contributed by atoms with van der Waals surface area (Å²) >= 11 is 20.8. The smallest absolute Gasteiger partial charge is 0.262 e. The first-order valence-electron chi connectivity index (χ1n) is 7.94. The number of halogens is 3. The summed E-state index contributed by atoms with van der Waals surface area (Å²) in [5, 5.41) is 11.6. The third kappa shape index (κ3) is 3.46. The Bertz CT molecular complexity index is 1290. The number of aromatic nitrogens is 2.